The van der Waals surface area contributed by atoms with Gasteiger partial charge in [0.05, 0.1) is 16.9 Å². The summed E-state index contributed by atoms with van der Waals surface area (Å²) in [4.78, 5) is 17.1. The van der Waals surface area contributed by atoms with E-state index < -0.39 is 38.5 Å². The summed E-state index contributed by atoms with van der Waals surface area (Å²) in [5.41, 5.74) is -0.276. The van der Waals surface area contributed by atoms with Crippen molar-refractivity contribution in [3.8, 4) is 5.75 Å². The Labute approximate surface area is 264 Å². The van der Waals surface area contributed by atoms with Gasteiger partial charge in [-0.25, -0.2) is 5.26 Å². The van der Waals surface area contributed by atoms with E-state index in [2.05, 4.69) is 55.2 Å². The molecular formula is C23H13Cl2F2N9O7S2. The Morgan fingerprint density at radius 3 is 2.29 bits per heavy atom. The first kappa shape index (κ1) is 32.0. The topological polar surface area (TPSA) is 227 Å². The Morgan fingerprint density at radius 1 is 0.889 bits per heavy atom. The van der Waals surface area contributed by atoms with Crippen LogP contribution < -0.4 is 10.6 Å². The highest BCUT2D eigenvalue weighted by atomic mass is 35.5. The fourth-order valence-corrected chi connectivity index (χ4v) is 5.21. The Kier molecular flexibility index (Phi) is 9.45. The van der Waals surface area contributed by atoms with Crippen molar-refractivity contribution in [1.82, 2.24) is 24.9 Å². The van der Waals surface area contributed by atoms with Crippen molar-refractivity contribution in [3.05, 3.63) is 71.1 Å². The molecule has 0 spiro atoms. The highest BCUT2D eigenvalue weighted by Gasteiger charge is 2.19. The van der Waals surface area contributed by atoms with Crippen LogP contribution in [0, 0.1) is 12.0 Å². The molecule has 5 N–H and O–H groups in total. The molecule has 0 radical (unpaired) electrons. The average molecular weight is 700 g/mol. The van der Waals surface area contributed by atoms with E-state index in [-0.39, 0.29) is 44.0 Å². The molecule has 0 aliphatic heterocycles. The summed E-state index contributed by atoms with van der Waals surface area (Å²) in [5, 5.41) is 37.1. The van der Waals surface area contributed by atoms with Crippen LogP contribution in [0.1, 0.15) is 0 Å². The van der Waals surface area contributed by atoms with E-state index in [4.69, 9.17) is 28.5 Å². The molecule has 0 aliphatic rings. The van der Waals surface area contributed by atoms with Crippen LogP contribution in [-0.2, 0) is 19.5 Å². The number of nitrogens with one attached hydrogen (secondary N) is 2. The zero-order chi connectivity index (χ0) is 32.3. The minimum atomic E-state index is -4.86. The number of fused-ring (bicyclic) bond motifs is 1. The molecule has 0 atom stereocenters. The van der Waals surface area contributed by atoms with Gasteiger partial charge in [-0.15, -0.1) is 14.6 Å². The van der Waals surface area contributed by atoms with Gasteiger partial charge in [0.2, 0.25) is 22.5 Å². The van der Waals surface area contributed by atoms with Crippen molar-refractivity contribution in [2.24, 2.45) is 10.2 Å². The first-order chi connectivity index (χ1) is 21.4. The number of anilines is 4. The van der Waals surface area contributed by atoms with E-state index in [9.17, 15) is 26.9 Å². The van der Waals surface area contributed by atoms with Gasteiger partial charge >= 0.3 is 6.08 Å². The van der Waals surface area contributed by atoms with Crippen molar-refractivity contribution in [3.63, 3.8) is 0 Å². The van der Waals surface area contributed by atoms with E-state index in [1.54, 1.807) is 12.1 Å². The van der Waals surface area contributed by atoms with Crippen molar-refractivity contribution >= 4 is 90.7 Å². The second-order valence-electron chi connectivity index (χ2n) is 8.38. The molecule has 5 aromatic rings. The van der Waals surface area contributed by atoms with E-state index >= 15 is 0 Å². The monoisotopic (exact) mass is 699 g/mol. The number of benzene rings is 3. The summed E-state index contributed by atoms with van der Waals surface area (Å²) < 4.78 is 65.3. The van der Waals surface area contributed by atoms with Gasteiger partial charge in [-0.1, -0.05) is 5.04 Å². The van der Waals surface area contributed by atoms with Crippen LogP contribution in [-0.4, -0.2) is 48.3 Å². The maximum atomic E-state index is 13.5. The standard InChI is InChI=1S/C23H13Cl2F2N9O7S2/c24-20-32-21(25)34-23(33-20)29-10-1-3-12-9(5-10)6-14(44-43-42-38)18(19(12)37)36-35-13-7-11(2-4-15(13)45(39,40)41)28-17-8-16(26)30-22(27)31-17/h1-8,37-38H,(H,28,30,31)(H,39,40,41)(H,29,32,33,34). The van der Waals surface area contributed by atoms with E-state index in [0.29, 0.717) is 23.1 Å². The molecule has 5 rings (SSSR count). The second-order valence-corrected chi connectivity index (χ2v) is 11.2. The summed E-state index contributed by atoms with van der Waals surface area (Å²) in [6.07, 6.45) is -1.36. The second kappa shape index (κ2) is 13.3. The number of rotatable bonds is 10. The molecular weight excluding hydrogens is 687 g/mol. The lowest BCUT2D eigenvalue weighted by molar-refractivity contribution is -0.432. The van der Waals surface area contributed by atoms with Gasteiger partial charge in [-0.3, -0.25) is 4.55 Å². The van der Waals surface area contributed by atoms with Crippen LogP contribution in [0.4, 0.5) is 43.3 Å². The molecule has 0 bridgehead atoms. The summed E-state index contributed by atoms with van der Waals surface area (Å²) >= 11 is 12.0. The Morgan fingerprint density at radius 2 is 1.60 bits per heavy atom. The maximum absolute atomic E-state index is 13.5. The minimum absolute atomic E-state index is 0.0100. The van der Waals surface area contributed by atoms with Crippen molar-refractivity contribution < 1.29 is 41.5 Å². The van der Waals surface area contributed by atoms with Crippen LogP contribution in [0.2, 0.25) is 10.6 Å². The highest BCUT2D eigenvalue weighted by molar-refractivity contribution is 7.94. The fraction of sp³-hybridized carbons (Fsp3) is 0. The van der Waals surface area contributed by atoms with Crippen molar-refractivity contribution in [2.45, 2.75) is 9.79 Å². The van der Waals surface area contributed by atoms with Crippen molar-refractivity contribution in [2.75, 3.05) is 10.6 Å². The van der Waals surface area contributed by atoms with Crippen LogP contribution in [0.3, 0.4) is 0 Å². The Bertz CT molecular complexity index is 2040. The number of phenolic OH excluding ortho intramolecular Hbond substituents is 1. The third-order valence-corrected chi connectivity index (χ3v) is 7.34. The molecule has 0 amide bonds. The molecule has 0 aliphatic carbocycles. The Hall–Kier alpha value is -4.41. The molecule has 0 fully saturated rings. The molecule has 45 heavy (non-hydrogen) atoms. The minimum Gasteiger partial charge on any atom is -0.505 e. The van der Waals surface area contributed by atoms with Gasteiger partial charge in [-0.05, 0) is 71.1 Å². The number of azo groups is 1. The molecule has 2 heterocycles. The molecule has 22 heteroatoms. The highest BCUT2D eigenvalue weighted by Crippen LogP contribution is 2.45. The molecule has 16 nitrogen and oxygen atoms in total. The molecule has 0 saturated carbocycles. The third-order valence-electron chi connectivity index (χ3n) is 5.48. The van der Waals surface area contributed by atoms with Crippen molar-refractivity contribution in [1.29, 1.82) is 0 Å². The van der Waals surface area contributed by atoms with E-state index in [0.717, 1.165) is 24.3 Å². The summed E-state index contributed by atoms with van der Waals surface area (Å²) in [7, 11) is -4.86. The van der Waals surface area contributed by atoms with Crippen LogP contribution in [0.25, 0.3) is 10.8 Å². The predicted molar refractivity (Wildman–Crippen MR) is 155 cm³/mol. The smallest absolute Gasteiger partial charge is 0.313 e. The first-order valence-corrected chi connectivity index (χ1v) is 14.6. The maximum Gasteiger partial charge on any atom is 0.313 e. The molecule has 0 saturated heterocycles. The zero-order valence-corrected chi connectivity index (χ0v) is 24.7. The molecule has 3 aromatic carbocycles. The number of aromatic hydroxyl groups is 1. The van der Waals surface area contributed by atoms with Crippen LogP contribution in [0.5, 0.6) is 5.75 Å². The number of aromatic nitrogens is 5. The third kappa shape index (κ3) is 7.82. The summed E-state index contributed by atoms with van der Waals surface area (Å²) in [6.45, 7) is 0. The zero-order valence-electron chi connectivity index (χ0n) is 21.6. The number of halogens is 4. The quantitative estimate of drug-likeness (QED) is 0.0195. The number of nitrogens with zero attached hydrogens (tertiary/aromatic N) is 7. The number of phenols is 1. The fourth-order valence-electron chi connectivity index (χ4n) is 3.75. The lowest BCUT2D eigenvalue weighted by atomic mass is 10.1. The van der Waals surface area contributed by atoms with E-state index in [1.165, 1.54) is 12.1 Å². The van der Waals surface area contributed by atoms with Gasteiger partial charge in [0.1, 0.15) is 22.1 Å². The largest absolute Gasteiger partial charge is 0.505 e. The lowest BCUT2D eigenvalue weighted by Gasteiger charge is -2.12. The van der Waals surface area contributed by atoms with E-state index in [1.807, 2.05) is 0 Å². The molecule has 232 valence electrons. The molecule has 2 aromatic heterocycles. The van der Waals surface area contributed by atoms with Gasteiger partial charge in [0, 0.05) is 22.8 Å². The number of hydrogen-bond donors (Lipinski definition) is 5. The van der Waals surface area contributed by atoms with Gasteiger partial charge in [0.15, 0.2) is 5.75 Å². The summed E-state index contributed by atoms with van der Waals surface area (Å²) in [6, 6.07) is 9.99. The molecule has 0 unspecified atom stereocenters. The summed E-state index contributed by atoms with van der Waals surface area (Å²) in [5.74, 6) is -1.92. The van der Waals surface area contributed by atoms with Gasteiger partial charge in [0.25, 0.3) is 10.1 Å². The van der Waals surface area contributed by atoms with Crippen LogP contribution in [0.15, 0.2) is 68.6 Å². The number of hydrogen-bond acceptors (Lipinski definition) is 16. The van der Waals surface area contributed by atoms with Gasteiger partial charge < -0.3 is 15.7 Å². The lowest BCUT2D eigenvalue weighted by Crippen LogP contribution is -2.02. The van der Waals surface area contributed by atoms with Gasteiger partial charge in [-0.2, -0.15) is 42.1 Å². The average Bonchev–Trinajstić information content (AvgIpc) is 2.94. The van der Waals surface area contributed by atoms with Crippen LogP contribution >= 0.6 is 35.2 Å². The predicted octanol–water partition coefficient (Wildman–Crippen LogP) is 6.68. The Balaban J connectivity index is 1.55. The first-order valence-electron chi connectivity index (χ1n) is 11.7. The normalized spacial score (nSPS) is 11.8. The SMILES string of the molecule is O=S(=O)(O)c1ccc(Nc2cc(F)nc(F)n2)cc1N=Nc1c(SOOO)cc2cc(Nc3nc(Cl)nc(Cl)n3)ccc2c1O.